The summed E-state index contributed by atoms with van der Waals surface area (Å²) in [6.07, 6.45) is 4.40. The van der Waals surface area contributed by atoms with Gasteiger partial charge in [-0.25, -0.2) is 4.98 Å². The van der Waals surface area contributed by atoms with Crippen molar-refractivity contribution in [3.05, 3.63) is 99.2 Å². The molecule has 4 rings (SSSR count). The summed E-state index contributed by atoms with van der Waals surface area (Å²) < 4.78 is 0.605. The highest BCUT2D eigenvalue weighted by Crippen LogP contribution is 2.12. The fourth-order valence-corrected chi connectivity index (χ4v) is 4.18. The van der Waals surface area contributed by atoms with Crippen LogP contribution in [0.1, 0.15) is 40.9 Å². The average molecular weight is 487 g/mol. The Hall–Kier alpha value is -3.93. The SMILES string of the molecule is O=C(CO)N1CC[C@@H](NCc2ccc(C#Cc3ccc(CCCc4nccc(=O)n4O)cc3)cc2)C1. The molecule has 1 saturated heterocycles. The maximum absolute atomic E-state index is 11.6. The van der Waals surface area contributed by atoms with Crippen molar-refractivity contribution in [3.63, 3.8) is 0 Å². The summed E-state index contributed by atoms with van der Waals surface area (Å²) >= 11 is 0. The van der Waals surface area contributed by atoms with Gasteiger partial charge in [-0.15, -0.1) is 4.73 Å². The lowest BCUT2D eigenvalue weighted by molar-refractivity contribution is -0.133. The van der Waals surface area contributed by atoms with Gasteiger partial charge in [-0.2, -0.15) is 0 Å². The van der Waals surface area contributed by atoms with Crippen molar-refractivity contribution >= 4 is 5.91 Å². The Morgan fingerprint density at radius 3 is 2.33 bits per heavy atom. The maximum atomic E-state index is 11.6. The second-order valence-corrected chi connectivity index (χ2v) is 8.87. The number of amides is 1. The number of aryl methyl sites for hydroxylation is 2. The van der Waals surface area contributed by atoms with E-state index in [1.807, 2.05) is 36.4 Å². The predicted molar refractivity (Wildman–Crippen MR) is 135 cm³/mol. The maximum Gasteiger partial charge on any atom is 0.286 e. The van der Waals surface area contributed by atoms with Crippen LogP contribution in [0.2, 0.25) is 0 Å². The molecule has 8 nitrogen and oxygen atoms in total. The Balaban J connectivity index is 1.23. The number of nitrogens with one attached hydrogen (secondary N) is 1. The number of nitrogens with zero attached hydrogens (tertiary/aromatic N) is 3. The lowest BCUT2D eigenvalue weighted by atomic mass is 10.1. The van der Waals surface area contributed by atoms with Crippen LogP contribution in [0.25, 0.3) is 0 Å². The van der Waals surface area contributed by atoms with Gasteiger partial charge in [0.15, 0.2) is 0 Å². The zero-order valence-electron chi connectivity index (χ0n) is 20.1. The van der Waals surface area contributed by atoms with E-state index in [1.54, 1.807) is 4.90 Å². The zero-order valence-corrected chi connectivity index (χ0v) is 20.1. The molecule has 1 aromatic heterocycles. The van der Waals surface area contributed by atoms with E-state index in [1.165, 1.54) is 12.3 Å². The Labute approximate surface area is 210 Å². The van der Waals surface area contributed by atoms with Gasteiger partial charge in [-0.05, 0) is 54.7 Å². The first-order valence-electron chi connectivity index (χ1n) is 12.1. The second kappa shape index (κ2) is 12.2. The van der Waals surface area contributed by atoms with E-state index in [-0.39, 0.29) is 11.9 Å². The summed E-state index contributed by atoms with van der Waals surface area (Å²) in [5.41, 5.74) is 3.71. The third kappa shape index (κ3) is 6.81. The van der Waals surface area contributed by atoms with E-state index in [0.717, 1.165) is 48.1 Å². The summed E-state index contributed by atoms with van der Waals surface area (Å²) in [6, 6.07) is 17.7. The predicted octanol–water partition coefficient (Wildman–Crippen LogP) is 1.74. The molecule has 36 heavy (non-hydrogen) atoms. The number of hydrogen-bond acceptors (Lipinski definition) is 6. The third-order valence-corrected chi connectivity index (χ3v) is 6.29. The number of likely N-dealkylation sites (tertiary alicyclic amines) is 1. The molecule has 8 heteroatoms. The molecule has 186 valence electrons. The number of carbonyl (C=O) groups excluding carboxylic acids is 1. The van der Waals surface area contributed by atoms with E-state index in [0.29, 0.717) is 30.1 Å². The normalized spacial score (nSPS) is 14.9. The summed E-state index contributed by atoms with van der Waals surface area (Å²) in [6.45, 7) is 1.61. The van der Waals surface area contributed by atoms with Crippen LogP contribution in [0.15, 0.2) is 65.6 Å². The van der Waals surface area contributed by atoms with E-state index < -0.39 is 12.2 Å². The Bertz CT molecular complexity index is 1290. The molecular weight excluding hydrogens is 456 g/mol. The molecule has 0 aliphatic carbocycles. The van der Waals surface area contributed by atoms with E-state index in [9.17, 15) is 14.8 Å². The Morgan fingerprint density at radius 2 is 1.67 bits per heavy atom. The topological polar surface area (TPSA) is 108 Å². The molecule has 2 aromatic carbocycles. The van der Waals surface area contributed by atoms with E-state index in [4.69, 9.17) is 5.11 Å². The smallest absolute Gasteiger partial charge is 0.286 e. The summed E-state index contributed by atoms with van der Waals surface area (Å²) in [5, 5.41) is 22.2. The average Bonchev–Trinajstić information content (AvgIpc) is 3.39. The molecule has 0 saturated carbocycles. The highest BCUT2D eigenvalue weighted by Gasteiger charge is 2.25. The first kappa shape index (κ1) is 25.2. The minimum Gasteiger partial charge on any atom is -0.424 e. The number of hydrogen-bond donors (Lipinski definition) is 3. The lowest BCUT2D eigenvalue weighted by Crippen LogP contribution is -2.36. The Kier molecular flexibility index (Phi) is 8.50. The first-order valence-corrected chi connectivity index (χ1v) is 12.1. The molecule has 1 aliphatic rings. The number of aliphatic hydroxyl groups is 1. The molecular formula is C28H30N4O4. The van der Waals surface area contributed by atoms with Gasteiger partial charge >= 0.3 is 0 Å². The molecule has 0 bridgehead atoms. The highest BCUT2D eigenvalue weighted by molar-refractivity contribution is 5.77. The van der Waals surface area contributed by atoms with Crippen molar-refractivity contribution in [1.29, 1.82) is 0 Å². The molecule has 0 unspecified atom stereocenters. The van der Waals surface area contributed by atoms with Crippen LogP contribution in [-0.2, 0) is 24.2 Å². The molecule has 0 radical (unpaired) electrons. The molecule has 1 aliphatic heterocycles. The van der Waals surface area contributed by atoms with Gasteiger partial charge in [-0.3, -0.25) is 9.59 Å². The second-order valence-electron chi connectivity index (χ2n) is 8.87. The van der Waals surface area contributed by atoms with Gasteiger partial charge in [0, 0.05) is 55.5 Å². The minimum absolute atomic E-state index is 0.210. The van der Waals surface area contributed by atoms with Gasteiger partial charge in [0.05, 0.1) is 0 Å². The van der Waals surface area contributed by atoms with Crippen LogP contribution in [0.4, 0.5) is 0 Å². The zero-order chi connectivity index (χ0) is 25.3. The summed E-state index contributed by atoms with van der Waals surface area (Å²) in [4.78, 5) is 28.8. The molecule has 3 aromatic rings. The largest absolute Gasteiger partial charge is 0.424 e. The number of aliphatic hydroxyl groups excluding tert-OH is 1. The molecule has 1 atom stereocenters. The Morgan fingerprint density at radius 1 is 1.00 bits per heavy atom. The number of aromatic nitrogens is 2. The van der Waals surface area contributed by atoms with Crippen LogP contribution < -0.4 is 10.9 Å². The van der Waals surface area contributed by atoms with E-state index >= 15 is 0 Å². The van der Waals surface area contributed by atoms with Crippen molar-refractivity contribution in [1.82, 2.24) is 19.9 Å². The summed E-state index contributed by atoms with van der Waals surface area (Å²) in [5.74, 6) is 6.55. The number of benzene rings is 2. The lowest BCUT2D eigenvalue weighted by Gasteiger charge is -2.16. The van der Waals surface area contributed by atoms with Crippen LogP contribution in [0, 0.1) is 11.8 Å². The third-order valence-electron chi connectivity index (χ3n) is 6.29. The van der Waals surface area contributed by atoms with Gasteiger partial charge < -0.3 is 20.5 Å². The monoisotopic (exact) mass is 486 g/mol. The van der Waals surface area contributed by atoms with Gasteiger partial charge in [0.2, 0.25) is 5.91 Å². The van der Waals surface area contributed by atoms with Crippen molar-refractivity contribution in [2.24, 2.45) is 0 Å². The highest BCUT2D eigenvalue weighted by atomic mass is 16.5. The van der Waals surface area contributed by atoms with Crippen LogP contribution in [-0.4, -0.2) is 56.6 Å². The van der Waals surface area contributed by atoms with Crippen LogP contribution in [0.5, 0.6) is 0 Å². The summed E-state index contributed by atoms with van der Waals surface area (Å²) in [7, 11) is 0. The fourth-order valence-electron chi connectivity index (χ4n) is 4.18. The van der Waals surface area contributed by atoms with Crippen LogP contribution in [0.3, 0.4) is 0 Å². The van der Waals surface area contributed by atoms with Crippen LogP contribution >= 0.6 is 0 Å². The van der Waals surface area contributed by atoms with Gasteiger partial charge in [-0.1, -0.05) is 36.1 Å². The number of rotatable bonds is 8. The minimum atomic E-state index is -0.469. The molecule has 1 fully saturated rings. The first-order chi connectivity index (χ1) is 17.5. The fraction of sp³-hybridized carbons (Fsp3) is 0.321. The standard InChI is InChI=1S/C28H30N4O4/c33-20-28(35)31-17-15-25(19-31)30-18-24-12-10-23(11-13-24)9-8-22-6-4-21(5-7-22)2-1-3-26-29-16-14-27(34)32(26)36/h4-7,10-14,16,25,30,33,36H,1-3,15,17-20H2/t25-/m1/s1. The molecule has 0 spiro atoms. The van der Waals surface area contributed by atoms with Crippen molar-refractivity contribution in [3.8, 4) is 11.8 Å². The molecule has 2 heterocycles. The van der Waals surface area contributed by atoms with Crippen molar-refractivity contribution < 1.29 is 15.1 Å². The van der Waals surface area contributed by atoms with Crippen molar-refractivity contribution in [2.75, 3.05) is 19.7 Å². The molecule has 1 amide bonds. The van der Waals surface area contributed by atoms with Crippen molar-refractivity contribution in [2.45, 2.75) is 38.3 Å². The number of carbonyl (C=O) groups is 1. The molecule has 3 N–H and O–H groups in total. The van der Waals surface area contributed by atoms with E-state index in [2.05, 4.69) is 34.3 Å². The quantitative estimate of drug-likeness (QED) is 0.331. The van der Waals surface area contributed by atoms with Gasteiger partial charge in [0.25, 0.3) is 5.56 Å². The van der Waals surface area contributed by atoms with Gasteiger partial charge in [0.1, 0.15) is 12.4 Å².